The summed E-state index contributed by atoms with van der Waals surface area (Å²) in [6.45, 7) is 1.89. The molecule has 0 amide bonds. The molecular formula is C25H23N5O2. The highest BCUT2D eigenvalue weighted by Crippen LogP contribution is 2.28. The average Bonchev–Trinajstić information content (AvgIpc) is 3.12. The lowest BCUT2D eigenvalue weighted by Crippen LogP contribution is -2.21. The Morgan fingerprint density at radius 1 is 1.09 bits per heavy atom. The molecule has 0 unspecified atom stereocenters. The number of nitrogen functional groups attached to an aromatic ring is 1. The Balaban J connectivity index is 1.79. The molecule has 5 aromatic rings. The summed E-state index contributed by atoms with van der Waals surface area (Å²) in [6.07, 6.45) is 2.31. The molecule has 7 heteroatoms. The van der Waals surface area contributed by atoms with Gasteiger partial charge in [0.05, 0.1) is 29.5 Å². The first kappa shape index (κ1) is 19.8. The van der Waals surface area contributed by atoms with E-state index in [-0.39, 0.29) is 5.56 Å². The van der Waals surface area contributed by atoms with Gasteiger partial charge in [-0.05, 0) is 55.0 Å². The zero-order chi connectivity index (χ0) is 22.4. The van der Waals surface area contributed by atoms with Crippen molar-refractivity contribution in [2.45, 2.75) is 13.3 Å². The molecule has 0 spiro atoms. The molecule has 3 heterocycles. The summed E-state index contributed by atoms with van der Waals surface area (Å²) in [5.74, 6) is 1.61. The zero-order valence-corrected chi connectivity index (χ0v) is 18.2. The van der Waals surface area contributed by atoms with E-state index in [1.165, 1.54) is 0 Å². The molecule has 0 bridgehead atoms. The Kier molecular flexibility index (Phi) is 4.66. The lowest BCUT2D eigenvalue weighted by Gasteiger charge is -2.14. The van der Waals surface area contributed by atoms with Crippen molar-refractivity contribution in [3.63, 3.8) is 0 Å². The molecule has 0 fully saturated rings. The summed E-state index contributed by atoms with van der Waals surface area (Å²) in [4.78, 5) is 22.9. The second-order valence-corrected chi connectivity index (χ2v) is 7.83. The number of methoxy groups -OCH3 is 1. The first-order valence-electron chi connectivity index (χ1n) is 10.3. The summed E-state index contributed by atoms with van der Waals surface area (Å²) in [7, 11) is 3.59. The molecule has 2 N–H and O–H groups in total. The number of imidazole rings is 1. The number of benzene rings is 2. The molecule has 160 valence electrons. The number of ether oxygens (including phenoxy) is 1. The van der Waals surface area contributed by atoms with Crippen LogP contribution in [0.25, 0.3) is 27.6 Å². The molecule has 0 aliphatic carbocycles. The van der Waals surface area contributed by atoms with E-state index < -0.39 is 0 Å². The van der Waals surface area contributed by atoms with E-state index >= 15 is 0 Å². The number of aryl methyl sites for hydroxylation is 2. The van der Waals surface area contributed by atoms with Gasteiger partial charge in [0.2, 0.25) is 0 Å². The molecule has 0 saturated carbocycles. The highest BCUT2D eigenvalue weighted by Gasteiger charge is 2.20. The maximum absolute atomic E-state index is 13.7. The van der Waals surface area contributed by atoms with Crippen LogP contribution in [0.15, 0.2) is 65.6 Å². The summed E-state index contributed by atoms with van der Waals surface area (Å²) < 4.78 is 8.92. The van der Waals surface area contributed by atoms with Gasteiger partial charge in [-0.25, -0.2) is 4.98 Å². The molecule has 0 atom stereocenters. The number of anilines is 1. The highest BCUT2D eigenvalue weighted by atomic mass is 16.5. The predicted molar refractivity (Wildman–Crippen MR) is 127 cm³/mol. The Morgan fingerprint density at radius 3 is 2.59 bits per heavy atom. The zero-order valence-electron chi connectivity index (χ0n) is 18.2. The van der Waals surface area contributed by atoms with Crippen molar-refractivity contribution in [1.82, 2.24) is 19.1 Å². The molecule has 0 aliphatic heterocycles. The Hall–Kier alpha value is -4.13. The molecular weight excluding hydrogens is 402 g/mol. The average molecular weight is 425 g/mol. The monoisotopic (exact) mass is 425 g/mol. The normalized spacial score (nSPS) is 11.3. The van der Waals surface area contributed by atoms with E-state index in [1.807, 2.05) is 73.1 Å². The first-order valence-corrected chi connectivity index (χ1v) is 10.3. The van der Waals surface area contributed by atoms with Gasteiger partial charge in [-0.1, -0.05) is 12.1 Å². The van der Waals surface area contributed by atoms with Gasteiger partial charge in [0.15, 0.2) is 5.52 Å². The van der Waals surface area contributed by atoms with Gasteiger partial charge >= 0.3 is 0 Å². The summed E-state index contributed by atoms with van der Waals surface area (Å²) in [6, 6.07) is 17.2. The maximum atomic E-state index is 13.7. The largest absolute Gasteiger partial charge is 0.497 e. The van der Waals surface area contributed by atoms with Crippen LogP contribution in [0.4, 0.5) is 5.69 Å². The topological polar surface area (TPSA) is 88.0 Å². The Morgan fingerprint density at radius 2 is 1.88 bits per heavy atom. The third-order valence-electron chi connectivity index (χ3n) is 5.85. The quantitative estimate of drug-likeness (QED) is 0.443. The van der Waals surface area contributed by atoms with Crippen LogP contribution >= 0.6 is 0 Å². The highest BCUT2D eigenvalue weighted by molar-refractivity contribution is 6.04. The first-order chi connectivity index (χ1) is 15.5. The van der Waals surface area contributed by atoms with Crippen LogP contribution in [0.1, 0.15) is 17.1 Å². The molecule has 5 rings (SSSR count). The maximum Gasteiger partial charge on any atom is 0.283 e. The van der Waals surface area contributed by atoms with Crippen molar-refractivity contribution < 1.29 is 4.74 Å². The molecule has 0 radical (unpaired) electrons. The summed E-state index contributed by atoms with van der Waals surface area (Å²) >= 11 is 0. The van der Waals surface area contributed by atoms with Crippen LogP contribution in [0, 0.1) is 6.92 Å². The Bertz CT molecular complexity index is 1530. The molecule has 3 aromatic heterocycles. The minimum atomic E-state index is -0.189. The number of nitrogens with two attached hydrogens (primary N) is 1. The summed E-state index contributed by atoms with van der Waals surface area (Å²) in [5.41, 5.74) is 11.0. The number of pyridine rings is 2. The van der Waals surface area contributed by atoms with Crippen molar-refractivity contribution in [2.24, 2.45) is 7.05 Å². The van der Waals surface area contributed by atoms with Gasteiger partial charge in [0.25, 0.3) is 5.56 Å². The predicted octanol–water partition coefficient (Wildman–Crippen LogP) is 3.76. The molecule has 0 saturated heterocycles. The third kappa shape index (κ3) is 3.10. The van der Waals surface area contributed by atoms with E-state index in [9.17, 15) is 4.79 Å². The number of hydrogen-bond acceptors (Lipinski definition) is 5. The van der Waals surface area contributed by atoms with Crippen molar-refractivity contribution in [3.05, 3.63) is 88.2 Å². The summed E-state index contributed by atoms with van der Waals surface area (Å²) in [5, 5.41) is 0.910. The Labute approximate surface area is 184 Å². The molecule has 7 nitrogen and oxygen atoms in total. The van der Waals surface area contributed by atoms with Crippen LogP contribution in [0.2, 0.25) is 0 Å². The second-order valence-electron chi connectivity index (χ2n) is 7.83. The lowest BCUT2D eigenvalue weighted by atomic mass is 10.1. The van der Waals surface area contributed by atoms with E-state index in [0.29, 0.717) is 17.6 Å². The van der Waals surface area contributed by atoms with Crippen molar-refractivity contribution in [3.8, 4) is 11.4 Å². The minimum Gasteiger partial charge on any atom is -0.497 e. The number of nitrogens with zero attached hydrogens (tertiary/aromatic N) is 4. The van der Waals surface area contributed by atoms with Gasteiger partial charge in [-0.15, -0.1) is 0 Å². The molecule has 0 aliphatic rings. The fourth-order valence-corrected chi connectivity index (χ4v) is 4.19. The van der Waals surface area contributed by atoms with Gasteiger partial charge < -0.3 is 15.0 Å². The number of rotatable bonds is 4. The third-order valence-corrected chi connectivity index (χ3v) is 5.85. The molecule has 32 heavy (non-hydrogen) atoms. The van der Waals surface area contributed by atoms with Gasteiger partial charge in [-0.2, -0.15) is 0 Å². The van der Waals surface area contributed by atoms with Crippen molar-refractivity contribution >= 4 is 27.6 Å². The van der Waals surface area contributed by atoms with Crippen LogP contribution < -0.4 is 16.0 Å². The van der Waals surface area contributed by atoms with Gasteiger partial charge in [0.1, 0.15) is 11.6 Å². The van der Waals surface area contributed by atoms with Gasteiger partial charge in [0, 0.05) is 30.7 Å². The number of aromatic nitrogens is 4. The number of fused-ring (bicyclic) bond motifs is 3. The van der Waals surface area contributed by atoms with Crippen LogP contribution in [-0.2, 0) is 13.5 Å². The fourth-order valence-electron chi connectivity index (χ4n) is 4.19. The van der Waals surface area contributed by atoms with Crippen LogP contribution in [0.5, 0.6) is 5.75 Å². The number of hydrogen-bond donors (Lipinski definition) is 1. The second kappa shape index (κ2) is 7.53. The molecule has 2 aromatic carbocycles. The van der Waals surface area contributed by atoms with E-state index in [4.69, 9.17) is 15.5 Å². The minimum absolute atomic E-state index is 0.189. The van der Waals surface area contributed by atoms with E-state index in [1.54, 1.807) is 17.9 Å². The SMILES string of the molecule is COc1ccc(Cc2nc3c(=O)n(-c4cccnc4C)c4cc(N)ccc4c3n2C)cc1. The smallest absolute Gasteiger partial charge is 0.283 e. The fraction of sp³-hybridized carbons (Fsp3) is 0.160. The standard InChI is InChI=1S/C25H23N5O2/c1-15-20(5-4-12-27-15)30-21-14-17(26)8-11-19(21)24-23(25(30)31)28-22(29(24)2)13-16-6-9-18(32-3)10-7-16/h4-12,14H,13,26H2,1-3H3. The lowest BCUT2D eigenvalue weighted by molar-refractivity contribution is 0.414. The van der Waals surface area contributed by atoms with Gasteiger partial charge in [-0.3, -0.25) is 14.3 Å². The van der Waals surface area contributed by atoms with E-state index in [0.717, 1.165) is 44.9 Å². The van der Waals surface area contributed by atoms with Crippen molar-refractivity contribution in [2.75, 3.05) is 12.8 Å². The van der Waals surface area contributed by atoms with E-state index in [2.05, 4.69) is 4.98 Å². The van der Waals surface area contributed by atoms with Crippen LogP contribution in [0.3, 0.4) is 0 Å². The van der Waals surface area contributed by atoms with Crippen LogP contribution in [-0.4, -0.2) is 26.2 Å². The van der Waals surface area contributed by atoms with Crippen molar-refractivity contribution in [1.29, 1.82) is 0 Å².